The Kier molecular flexibility index (Phi) is 31.2. The van der Waals surface area contributed by atoms with E-state index in [2.05, 4.69) is 5.32 Å². The van der Waals surface area contributed by atoms with Gasteiger partial charge in [0.05, 0.1) is 0 Å². The molecule has 0 aromatic heterocycles. The van der Waals surface area contributed by atoms with Crippen LogP contribution in [0.3, 0.4) is 0 Å². The summed E-state index contributed by atoms with van der Waals surface area (Å²) in [6, 6.07) is 0. The summed E-state index contributed by atoms with van der Waals surface area (Å²) in [5.41, 5.74) is 0. The summed E-state index contributed by atoms with van der Waals surface area (Å²) in [5, 5.41) is 13.2. The molecular weight excluding hydrogens is 706 g/mol. The molecule has 0 heterocycles. The maximum absolute atomic E-state index is 11.6. The minimum atomic E-state index is -6.26. The summed E-state index contributed by atoms with van der Waals surface area (Å²) >= 11 is 0. The summed E-state index contributed by atoms with van der Waals surface area (Å²) in [4.78, 5) is 98.9. The van der Waals surface area contributed by atoms with Crippen molar-refractivity contribution in [3.05, 3.63) is 0 Å². The van der Waals surface area contributed by atoms with Gasteiger partial charge in [0.15, 0.2) is 0 Å². The second-order valence-corrected chi connectivity index (χ2v) is 15.3. The molecule has 0 aromatic rings. The van der Waals surface area contributed by atoms with Gasteiger partial charge in [-0.15, -0.1) is 0 Å². The predicted molar refractivity (Wildman–Crippen MR) is 123 cm³/mol. The number of aliphatic hydroxyl groups is 2. The van der Waals surface area contributed by atoms with Crippen LogP contribution in [0.2, 0.25) is 0 Å². The molecule has 0 fully saturated rings. The Morgan fingerprint density at radius 1 is 0.553 bits per heavy atom. The van der Waals surface area contributed by atoms with Crippen LogP contribution in [0, 0.1) is 0 Å². The van der Waals surface area contributed by atoms with Crippen molar-refractivity contribution in [3.8, 4) is 0 Å². The molecule has 0 unspecified atom stereocenters. The molecule has 1 amide bonds. The van der Waals surface area contributed by atoms with Crippen LogP contribution >= 0.6 is 30.4 Å². The van der Waals surface area contributed by atoms with Crippen LogP contribution in [0.5, 0.6) is 0 Å². The Hall–Kier alpha value is 5.03. The van der Waals surface area contributed by atoms with E-state index in [1.165, 1.54) is 0 Å². The number of nitrogens with one attached hydrogen (secondary N) is 1. The molecule has 16 nitrogen and oxygen atoms in total. The summed E-state index contributed by atoms with van der Waals surface area (Å²) in [6.07, 6.45) is -0.801. The molecule has 0 aromatic carbocycles. The van der Waals surface area contributed by atoms with Gasteiger partial charge in [-0.1, -0.05) is 32.1 Å². The molecule has 0 rings (SSSR count). The zero-order valence-corrected chi connectivity index (χ0v) is 33.0. The number of carbonyl (C=O) groups excluding carboxylic acids is 1. The minimum absolute atomic E-state index is 0. The van der Waals surface area contributed by atoms with Crippen LogP contribution < -0.4 is 44.5 Å². The largest absolute Gasteiger partial charge is 2.00 e. The van der Waals surface area contributed by atoms with Gasteiger partial charge >= 0.3 is 151 Å². The van der Waals surface area contributed by atoms with Crippen molar-refractivity contribution in [3.63, 3.8) is 0 Å². The van der Waals surface area contributed by atoms with Gasteiger partial charge in [-0.25, -0.2) is 0 Å². The van der Waals surface area contributed by atoms with Crippen molar-refractivity contribution >= 4 is 187 Å². The summed E-state index contributed by atoms with van der Waals surface area (Å²) in [7, 11) is -24.7. The van der Waals surface area contributed by atoms with Gasteiger partial charge in [0.2, 0.25) is 5.91 Å². The first-order chi connectivity index (χ1) is 15.1. The smallest absolute Gasteiger partial charge is 0.808 e. The number of amides is 1. The molecule has 3 N–H and O–H groups in total. The van der Waals surface area contributed by atoms with Crippen LogP contribution in [0.15, 0.2) is 0 Å². The van der Waals surface area contributed by atoms with Crippen LogP contribution in [-0.4, -0.2) is 184 Å². The zero-order chi connectivity index (χ0) is 27.1. The zero-order valence-electron chi connectivity index (χ0n) is 20.6. The van der Waals surface area contributed by atoms with Crippen molar-refractivity contribution in [2.24, 2.45) is 0 Å². The Morgan fingerprint density at radius 3 is 1.18 bits per heavy atom. The molecule has 0 aliphatic heterocycles. The van der Waals surface area contributed by atoms with Gasteiger partial charge in [-0.2, -0.15) is 0 Å². The molecule has 0 saturated heterocycles. The van der Waals surface area contributed by atoms with Crippen molar-refractivity contribution in [2.75, 3.05) is 6.54 Å². The third-order valence-electron chi connectivity index (χ3n) is 4.95. The van der Waals surface area contributed by atoms with Gasteiger partial charge in [-0.05, 0) is 56.1 Å². The third-order valence-corrected chi connectivity index (χ3v) is 12.3. The van der Waals surface area contributed by atoms with Crippen molar-refractivity contribution in [2.45, 2.75) is 74.4 Å². The van der Waals surface area contributed by atoms with E-state index in [0.717, 1.165) is 0 Å². The Morgan fingerprint density at radius 2 is 0.842 bits per heavy atom. The van der Waals surface area contributed by atoms with Crippen molar-refractivity contribution < 1.29 is 72.4 Å². The van der Waals surface area contributed by atoms with E-state index in [1.807, 2.05) is 0 Å². The van der Waals surface area contributed by atoms with E-state index < -0.39 is 65.7 Å². The molecule has 24 heteroatoms. The molecule has 0 atom stereocenters. The molecule has 204 valence electrons. The molecule has 0 saturated carbocycles. The number of carbonyl (C=O) groups is 1. The van der Waals surface area contributed by atoms with Crippen LogP contribution in [-0.2, 0) is 23.1 Å². The van der Waals surface area contributed by atoms with Gasteiger partial charge in [0, 0.05) is 13.0 Å². The van der Waals surface area contributed by atoms with Crippen LogP contribution in [0.25, 0.3) is 0 Å². The number of unbranched alkanes of at least 4 members (excludes halogenated alkanes) is 6. The van der Waals surface area contributed by atoms with Gasteiger partial charge in [-0.3, -0.25) is 4.79 Å². The minimum Gasteiger partial charge on any atom is -0.808 e. The van der Waals surface area contributed by atoms with Crippen LogP contribution in [0.4, 0.5) is 0 Å². The SMILES string of the molecule is O=C(CCC(O)(P(=O)([O-])[O-])P(=O)([O-])[O-])NCCCCCCCCCC(O)(P(=O)([O-])[O-])P(=O)([O-])[O-].[Ca+2].[Ca+2].[Ca+2].[Ca+2]. The molecule has 0 radical (unpaired) electrons. The van der Waals surface area contributed by atoms with Crippen LogP contribution in [0.1, 0.15) is 64.2 Å². The van der Waals surface area contributed by atoms with E-state index >= 15 is 0 Å². The Balaban J connectivity index is -0.000000907. The topological polar surface area (TPSA) is 322 Å². The second kappa shape index (κ2) is 22.5. The van der Waals surface area contributed by atoms with Gasteiger partial charge in [0.25, 0.3) is 0 Å². The van der Waals surface area contributed by atoms with Gasteiger partial charge < -0.3 is 72.9 Å². The monoisotopic (exact) mass is 731 g/mol. The van der Waals surface area contributed by atoms with Gasteiger partial charge in [0.1, 0.15) is 10.2 Å². The van der Waals surface area contributed by atoms with E-state index in [-0.39, 0.29) is 170 Å². The molecule has 0 bridgehead atoms. The van der Waals surface area contributed by atoms with E-state index in [0.29, 0.717) is 32.1 Å². The Labute approximate surface area is 339 Å². The maximum atomic E-state index is 11.6. The second-order valence-electron chi connectivity index (χ2n) is 7.61. The number of hydrogen-bond donors (Lipinski definition) is 3. The Bertz CT molecular complexity index is 830. The molecule has 38 heavy (non-hydrogen) atoms. The quantitative estimate of drug-likeness (QED) is 0.0711. The van der Waals surface area contributed by atoms with Crippen molar-refractivity contribution in [1.82, 2.24) is 5.32 Å². The maximum Gasteiger partial charge on any atom is 2.00 e. The summed E-state index contributed by atoms with van der Waals surface area (Å²) < 4.78 is 43.6. The molecular formula is C14H25Ca4NO15P4. The first-order valence-electron chi connectivity index (χ1n) is 9.90. The normalized spacial score (nSPS) is 12.8. The molecule has 0 aliphatic carbocycles. The van der Waals surface area contributed by atoms with E-state index in [1.54, 1.807) is 0 Å². The first-order valence-corrected chi connectivity index (χ1v) is 16.1. The molecule has 0 spiro atoms. The number of rotatable bonds is 17. The average Bonchev–Trinajstić information content (AvgIpc) is 2.63. The number of hydrogen-bond acceptors (Lipinski definition) is 15. The van der Waals surface area contributed by atoms with Crippen molar-refractivity contribution in [1.29, 1.82) is 0 Å². The molecule has 0 aliphatic rings. The fourth-order valence-electron chi connectivity index (χ4n) is 2.82. The third kappa shape index (κ3) is 17.7. The van der Waals surface area contributed by atoms with E-state index in [9.17, 15) is 72.4 Å². The predicted octanol–water partition coefficient (Wildman–Crippen LogP) is -6.57. The first kappa shape index (κ1) is 52.6. The fraction of sp³-hybridized carbons (Fsp3) is 0.929. The average molecular weight is 732 g/mol. The summed E-state index contributed by atoms with van der Waals surface area (Å²) in [5.74, 6) is -0.907. The fourth-order valence-corrected chi connectivity index (χ4v) is 6.85. The summed E-state index contributed by atoms with van der Waals surface area (Å²) in [6.45, 7) is 0.0632. The standard InChI is InChI=1S/C14H33NO15P4.4Ca/c16-12(8-10-14(18,33(25,26)27)34(28,29)30)15-11-7-5-3-1-2-4-6-9-13(17,31(19,20)21)32(22,23)24;;;;/h17-18H,1-11H2,(H,15,16)(H2,19,20,21)(H2,22,23,24)(H2,25,26,27)(H2,28,29,30);;;;/q;4*+2/p-8. The van der Waals surface area contributed by atoms with E-state index in [4.69, 9.17) is 0 Å².